The molecule has 0 spiro atoms. The summed E-state index contributed by atoms with van der Waals surface area (Å²) in [5.74, 6) is 0. The Hall–Kier alpha value is -0.570. The van der Waals surface area contributed by atoms with Crippen LogP contribution in [0.1, 0.15) is 12.0 Å². The largest absolute Gasteiger partial charge is 0.379 e. The molecule has 1 atom stereocenters. The van der Waals surface area contributed by atoms with Gasteiger partial charge in [-0.05, 0) is 37.6 Å². The van der Waals surface area contributed by atoms with Gasteiger partial charge in [0.05, 0.1) is 6.61 Å². The molecular formula is C12H16ClNO. The molecular weight excluding hydrogens is 210 g/mol. The molecule has 1 N–H and O–H groups in total. The monoisotopic (exact) mass is 225 g/mol. The lowest BCUT2D eigenvalue weighted by Crippen LogP contribution is -2.45. The molecule has 1 saturated heterocycles. The normalized spacial score (nSPS) is 25.7. The van der Waals surface area contributed by atoms with Crippen molar-refractivity contribution in [3.63, 3.8) is 0 Å². The standard InChI is InChI=1S/C12H16ClNO/c1-14-12(6-7-15-9-12)8-10-2-4-11(13)5-3-10/h2-5,14H,6-9H2,1H3. The molecule has 2 rings (SSSR count). The predicted octanol–water partition coefficient (Wildman–Crippen LogP) is 2.26. The molecule has 82 valence electrons. The van der Waals surface area contributed by atoms with Crippen LogP contribution >= 0.6 is 11.6 Å². The van der Waals surface area contributed by atoms with E-state index in [4.69, 9.17) is 16.3 Å². The number of ether oxygens (including phenoxy) is 1. The molecule has 1 fully saturated rings. The molecule has 1 heterocycles. The molecule has 0 bridgehead atoms. The highest BCUT2D eigenvalue weighted by molar-refractivity contribution is 6.30. The summed E-state index contributed by atoms with van der Waals surface area (Å²) in [5, 5.41) is 4.17. The van der Waals surface area contributed by atoms with Gasteiger partial charge in [-0.25, -0.2) is 0 Å². The van der Waals surface area contributed by atoms with Crippen molar-refractivity contribution in [2.24, 2.45) is 0 Å². The van der Waals surface area contributed by atoms with Crippen molar-refractivity contribution in [3.8, 4) is 0 Å². The van der Waals surface area contributed by atoms with E-state index in [2.05, 4.69) is 17.4 Å². The van der Waals surface area contributed by atoms with Crippen molar-refractivity contribution in [3.05, 3.63) is 34.9 Å². The van der Waals surface area contributed by atoms with Crippen LogP contribution in [0.4, 0.5) is 0 Å². The molecule has 0 radical (unpaired) electrons. The first-order valence-electron chi connectivity index (χ1n) is 5.25. The van der Waals surface area contributed by atoms with Gasteiger partial charge in [0.15, 0.2) is 0 Å². The average Bonchev–Trinajstić information content (AvgIpc) is 2.71. The van der Waals surface area contributed by atoms with Crippen LogP contribution in [-0.4, -0.2) is 25.8 Å². The molecule has 1 aromatic carbocycles. The van der Waals surface area contributed by atoms with Gasteiger partial charge in [0.1, 0.15) is 0 Å². The Morgan fingerprint density at radius 2 is 2.13 bits per heavy atom. The van der Waals surface area contributed by atoms with Gasteiger partial charge >= 0.3 is 0 Å². The zero-order chi connectivity index (χ0) is 10.7. The van der Waals surface area contributed by atoms with Crippen molar-refractivity contribution in [2.75, 3.05) is 20.3 Å². The van der Waals surface area contributed by atoms with E-state index in [0.29, 0.717) is 0 Å². The number of halogens is 1. The molecule has 1 aliphatic rings. The van der Waals surface area contributed by atoms with E-state index >= 15 is 0 Å². The lowest BCUT2D eigenvalue weighted by molar-refractivity contribution is 0.169. The molecule has 1 aromatic rings. The molecule has 0 amide bonds. The Labute approximate surface area is 95.6 Å². The van der Waals surface area contributed by atoms with Gasteiger partial charge in [-0.1, -0.05) is 23.7 Å². The maximum Gasteiger partial charge on any atom is 0.0652 e. The van der Waals surface area contributed by atoms with Crippen molar-refractivity contribution >= 4 is 11.6 Å². The summed E-state index contributed by atoms with van der Waals surface area (Å²) in [7, 11) is 2.00. The Bertz CT molecular complexity index is 317. The Kier molecular flexibility index (Phi) is 3.29. The maximum atomic E-state index is 5.86. The Morgan fingerprint density at radius 1 is 1.40 bits per heavy atom. The zero-order valence-electron chi connectivity index (χ0n) is 8.92. The Balaban J connectivity index is 2.09. The molecule has 2 nitrogen and oxygen atoms in total. The number of hydrogen-bond acceptors (Lipinski definition) is 2. The van der Waals surface area contributed by atoms with Gasteiger partial charge in [0, 0.05) is 17.2 Å². The minimum Gasteiger partial charge on any atom is -0.379 e. The predicted molar refractivity (Wildman–Crippen MR) is 62.4 cm³/mol. The van der Waals surface area contributed by atoms with Crippen LogP contribution in [0, 0.1) is 0 Å². The molecule has 1 aliphatic heterocycles. The van der Waals surface area contributed by atoms with E-state index in [1.165, 1.54) is 5.56 Å². The second kappa shape index (κ2) is 4.52. The van der Waals surface area contributed by atoms with Crippen LogP contribution in [0.15, 0.2) is 24.3 Å². The minimum absolute atomic E-state index is 0.119. The molecule has 0 aliphatic carbocycles. The topological polar surface area (TPSA) is 21.3 Å². The first-order valence-corrected chi connectivity index (χ1v) is 5.63. The summed E-state index contributed by atoms with van der Waals surface area (Å²) in [6.07, 6.45) is 2.08. The van der Waals surface area contributed by atoms with Gasteiger partial charge in [0.2, 0.25) is 0 Å². The van der Waals surface area contributed by atoms with Crippen molar-refractivity contribution in [1.29, 1.82) is 0 Å². The molecule has 3 heteroatoms. The summed E-state index contributed by atoms with van der Waals surface area (Å²) in [5.41, 5.74) is 1.42. The number of nitrogens with one attached hydrogen (secondary N) is 1. The fourth-order valence-corrected chi connectivity index (χ4v) is 2.15. The van der Waals surface area contributed by atoms with Crippen molar-refractivity contribution < 1.29 is 4.74 Å². The zero-order valence-corrected chi connectivity index (χ0v) is 9.68. The van der Waals surface area contributed by atoms with Crippen LogP contribution in [0.3, 0.4) is 0 Å². The fourth-order valence-electron chi connectivity index (χ4n) is 2.03. The highest BCUT2D eigenvalue weighted by Crippen LogP contribution is 2.23. The third-order valence-corrected chi connectivity index (χ3v) is 3.34. The highest BCUT2D eigenvalue weighted by atomic mass is 35.5. The van der Waals surface area contributed by atoms with E-state index < -0.39 is 0 Å². The number of benzene rings is 1. The van der Waals surface area contributed by atoms with Crippen molar-refractivity contribution in [2.45, 2.75) is 18.4 Å². The van der Waals surface area contributed by atoms with Gasteiger partial charge in [0.25, 0.3) is 0 Å². The number of likely N-dealkylation sites (N-methyl/N-ethyl adjacent to an activating group) is 1. The first kappa shape index (κ1) is 10.9. The van der Waals surface area contributed by atoms with Crippen LogP contribution in [0.2, 0.25) is 5.02 Å². The average molecular weight is 226 g/mol. The van der Waals surface area contributed by atoms with Crippen LogP contribution < -0.4 is 5.32 Å². The smallest absolute Gasteiger partial charge is 0.0652 e. The first-order chi connectivity index (χ1) is 7.24. The summed E-state index contributed by atoms with van der Waals surface area (Å²) in [6, 6.07) is 8.05. The van der Waals surface area contributed by atoms with Gasteiger partial charge in [-0.3, -0.25) is 0 Å². The van der Waals surface area contributed by atoms with E-state index in [-0.39, 0.29) is 5.54 Å². The summed E-state index contributed by atoms with van der Waals surface area (Å²) in [4.78, 5) is 0. The highest BCUT2D eigenvalue weighted by Gasteiger charge is 2.33. The minimum atomic E-state index is 0.119. The van der Waals surface area contributed by atoms with Crippen LogP contribution in [-0.2, 0) is 11.2 Å². The van der Waals surface area contributed by atoms with Crippen LogP contribution in [0.5, 0.6) is 0 Å². The SMILES string of the molecule is CNC1(Cc2ccc(Cl)cc2)CCOC1. The lowest BCUT2D eigenvalue weighted by atomic mass is 9.90. The van der Waals surface area contributed by atoms with E-state index in [0.717, 1.165) is 31.1 Å². The van der Waals surface area contributed by atoms with Crippen LogP contribution in [0.25, 0.3) is 0 Å². The maximum absolute atomic E-state index is 5.86. The second-order valence-electron chi connectivity index (χ2n) is 4.14. The lowest BCUT2D eigenvalue weighted by Gasteiger charge is -2.26. The third-order valence-electron chi connectivity index (χ3n) is 3.09. The third kappa shape index (κ3) is 2.51. The summed E-state index contributed by atoms with van der Waals surface area (Å²) in [6.45, 7) is 1.65. The fraction of sp³-hybridized carbons (Fsp3) is 0.500. The molecule has 15 heavy (non-hydrogen) atoms. The Morgan fingerprint density at radius 3 is 2.67 bits per heavy atom. The summed E-state index contributed by atoms with van der Waals surface area (Å²) >= 11 is 5.86. The van der Waals surface area contributed by atoms with E-state index in [9.17, 15) is 0 Å². The van der Waals surface area contributed by atoms with Gasteiger partial charge in [-0.15, -0.1) is 0 Å². The van der Waals surface area contributed by atoms with E-state index in [1.54, 1.807) is 0 Å². The summed E-state index contributed by atoms with van der Waals surface area (Å²) < 4.78 is 5.46. The second-order valence-corrected chi connectivity index (χ2v) is 4.57. The number of hydrogen-bond donors (Lipinski definition) is 1. The molecule has 0 saturated carbocycles. The van der Waals surface area contributed by atoms with Gasteiger partial charge in [-0.2, -0.15) is 0 Å². The molecule has 1 unspecified atom stereocenters. The molecule has 0 aromatic heterocycles. The van der Waals surface area contributed by atoms with Crippen molar-refractivity contribution in [1.82, 2.24) is 5.32 Å². The quantitative estimate of drug-likeness (QED) is 0.852. The van der Waals surface area contributed by atoms with E-state index in [1.807, 2.05) is 19.2 Å². The van der Waals surface area contributed by atoms with Gasteiger partial charge < -0.3 is 10.1 Å². The number of rotatable bonds is 3.